The van der Waals surface area contributed by atoms with Crippen molar-refractivity contribution in [3.8, 4) is 0 Å². The average Bonchev–Trinajstić information content (AvgIpc) is 3.15. The molecule has 1 atom stereocenters. The Bertz CT molecular complexity index is 891. The van der Waals surface area contributed by atoms with Gasteiger partial charge < -0.3 is 0 Å². The van der Waals surface area contributed by atoms with E-state index >= 15 is 0 Å². The molecule has 0 amide bonds. The lowest BCUT2D eigenvalue weighted by Crippen LogP contribution is -2.36. The predicted octanol–water partition coefficient (Wildman–Crippen LogP) is 2.51. The van der Waals surface area contributed by atoms with Gasteiger partial charge in [0.15, 0.2) is 5.82 Å². The van der Waals surface area contributed by atoms with Gasteiger partial charge in [-0.2, -0.15) is 0 Å². The monoisotopic (exact) mass is 333 g/mol. The lowest BCUT2D eigenvalue weighted by Gasteiger charge is -2.29. The van der Waals surface area contributed by atoms with Gasteiger partial charge in [0.25, 0.3) is 5.56 Å². The van der Waals surface area contributed by atoms with Crippen molar-refractivity contribution >= 4 is 27.3 Å². The van der Waals surface area contributed by atoms with Gasteiger partial charge in [-0.1, -0.05) is 20.8 Å². The van der Waals surface area contributed by atoms with E-state index in [9.17, 15) is 4.79 Å². The van der Waals surface area contributed by atoms with E-state index in [0.717, 1.165) is 29.1 Å². The second kappa shape index (κ2) is 6.05. The summed E-state index contributed by atoms with van der Waals surface area (Å²) in [6.07, 6.45) is 0. The van der Waals surface area contributed by atoms with Crippen molar-refractivity contribution < 1.29 is 0 Å². The Morgan fingerprint density at radius 3 is 2.70 bits per heavy atom. The molecule has 0 unspecified atom stereocenters. The number of hydrogen-bond donors (Lipinski definition) is 0. The van der Waals surface area contributed by atoms with Crippen LogP contribution in [-0.2, 0) is 13.6 Å². The van der Waals surface area contributed by atoms with Crippen molar-refractivity contribution in [2.24, 2.45) is 13.0 Å². The summed E-state index contributed by atoms with van der Waals surface area (Å²) >= 11 is 1.47. The van der Waals surface area contributed by atoms with E-state index in [1.165, 1.54) is 11.3 Å². The number of rotatable bonds is 5. The number of aryl methyl sites for hydroxylation is 1. The van der Waals surface area contributed by atoms with Crippen LogP contribution in [-0.4, -0.2) is 36.7 Å². The largest absolute Gasteiger partial charge is 0.293 e. The van der Waals surface area contributed by atoms with Crippen molar-refractivity contribution in [2.75, 3.05) is 6.54 Å². The molecule has 0 N–H and O–H groups in total. The zero-order valence-electron chi connectivity index (χ0n) is 14.3. The summed E-state index contributed by atoms with van der Waals surface area (Å²) in [6.45, 7) is 10.5. The number of fused-ring (bicyclic) bond motifs is 3. The lowest BCUT2D eigenvalue weighted by atomic mass is 10.0. The molecule has 124 valence electrons. The topological polar surface area (TPSA) is 55.4 Å². The molecule has 6 nitrogen and oxygen atoms in total. The summed E-state index contributed by atoms with van der Waals surface area (Å²) in [4.78, 5) is 14.8. The molecule has 3 aromatic heterocycles. The van der Waals surface area contributed by atoms with Crippen LogP contribution in [0.3, 0.4) is 0 Å². The van der Waals surface area contributed by atoms with Crippen LogP contribution in [0.15, 0.2) is 16.2 Å². The first-order chi connectivity index (χ1) is 11.0. The van der Waals surface area contributed by atoms with Gasteiger partial charge in [0, 0.05) is 13.1 Å². The first-order valence-corrected chi connectivity index (χ1v) is 8.87. The van der Waals surface area contributed by atoms with E-state index in [2.05, 4.69) is 42.8 Å². The molecule has 7 heteroatoms. The van der Waals surface area contributed by atoms with Crippen LogP contribution >= 0.6 is 11.3 Å². The normalized spacial score (nSPS) is 13.7. The molecule has 0 aliphatic heterocycles. The predicted molar refractivity (Wildman–Crippen MR) is 94.0 cm³/mol. The van der Waals surface area contributed by atoms with Crippen LogP contribution in [0.1, 0.15) is 33.5 Å². The fourth-order valence-electron chi connectivity index (χ4n) is 2.90. The molecule has 0 spiro atoms. The summed E-state index contributed by atoms with van der Waals surface area (Å²) in [5.74, 6) is 2.05. The Morgan fingerprint density at radius 2 is 2.04 bits per heavy atom. The van der Waals surface area contributed by atoms with Gasteiger partial charge in [-0.25, -0.2) is 0 Å². The lowest BCUT2D eigenvalue weighted by molar-refractivity contribution is 0.164. The third kappa shape index (κ3) is 2.57. The van der Waals surface area contributed by atoms with Crippen molar-refractivity contribution in [1.82, 2.24) is 24.1 Å². The van der Waals surface area contributed by atoms with E-state index < -0.39 is 0 Å². The second-order valence-electron chi connectivity index (χ2n) is 6.30. The fraction of sp³-hybridized carbons (Fsp3) is 0.562. The van der Waals surface area contributed by atoms with Crippen molar-refractivity contribution in [1.29, 1.82) is 0 Å². The molecule has 3 rings (SSSR count). The van der Waals surface area contributed by atoms with Crippen LogP contribution < -0.4 is 5.56 Å². The number of nitrogens with zero attached hydrogens (tertiary/aromatic N) is 5. The third-order valence-electron chi connectivity index (χ3n) is 4.69. The molecule has 3 aromatic rings. The van der Waals surface area contributed by atoms with Crippen LogP contribution in [0.25, 0.3) is 16.0 Å². The first-order valence-electron chi connectivity index (χ1n) is 8.00. The van der Waals surface area contributed by atoms with Gasteiger partial charge in [0.1, 0.15) is 4.70 Å². The van der Waals surface area contributed by atoms with Gasteiger partial charge in [0.05, 0.1) is 12.1 Å². The maximum absolute atomic E-state index is 12.4. The molecule has 0 bridgehead atoms. The van der Waals surface area contributed by atoms with Gasteiger partial charge >= 0.3 is 0 Å². The van der Waals surface area contributed by atoms with Gasteiger partial charge in [-0.15, -0.1) is 21.5 Å². The Hall–Kier alpha value is -1.73. The second-order valence-corrected chi connectivity index (χ2v) is 7.21. The minimum atomic E-state index is -0.00986. The highest BCUT2D eigenvalue weighted by Crippen LogP contribution is 2.21. The summed E-state index contributed by atoms with van der Waals surface area (Å²) in [7, 11) is 1.75. The molecule has 3 heterocycles. The fourth-order valence-corrected chi connectivity index (χ4v) is 3.75. The number of hydrogen-bond acceptors (Lipinski definition) is 5. The van der Waals surface area contributed by atoms with Crippen LogP contribution in [0.4, 0.5) is 0 Å². The van der Waals surface area contributed by atoms with Crippen molar-refractivity contribution in [2.45, 2.75) is 40.3 Å². The van der Waals surface area contributed by atoms with Crippen LogP contribution in [0.5, 0.6) is 0 Å². The van der Waals surface area contributed by atoms with Gasteiger partial charge in [-0.3, -0.25) is 18.7 Å². The highest BCUT2D eigenvalue weighted by molar-refractivity contribution is 7.17. The Kier molecular flexibility index (Phi) is 4.25. The molecular weight excluding hydrogens is 310 g/mol. The smallest absolute Gasteiger partial charge is 0.272 e. The van der Waals surface area contributed by atoms with Crippen molar-refractivity contribution in [3.63, 3.8) is 0 Å². The summed E-state index contributed by atoms with van der Waals surface area (Å²) in [5, 5.41) is 10.6. The summed E-state index contributed by atoms with van der Waals surface area (Å²) in [5.41, 5.74) is 0.894. The zero-order chi connectivity index (χ0) is 16.7. The highest BCUT2D eigenvalue weighted by Gasteiger charge is 2.21. The molecule has 0 saturated heterocycles. The van der Waals surface area contributed by atoms with Gasteiger partial charge in [0.2, 0.25) is 5.78 Å². The van der Waals surface area contributed by atoms with Crippen molar-refractivity contribution in [3.05, 3.63) is 27.6 Å². The molecule has 0 saturated carbocycles. The average molecular weight is 333 g/mol. The number of thiophene rings is 1. The molecule has 0 aromatic carbocycles. The van der Waals surface area contributed by atoms with E-state index in [4.69, 9.17) is 0 Å². The third-order valence-corrected chi connectivity index (χ3v) is 5.58. The van der Waals surface area contributed by atoms with Crippen LogP contribution in [0.2, 0.25) is 0 Å². The molecule has 0 aliphatic rings. The molecule has 0 aliphatic carbocycles. The first kappa shape index (κ1) is 16.1. The summed E-state index contributed by atoms with van der Waals surface area (Å²) in [6, 6.07) is 2.43. The van der Waals surface area contributed by atoms with E-state index in [1.54, 1.807) is 11.6 Å². The van der Waals surface area contributed by atoms with E-state index in [-0.39, 0.29) is 5.56 Å². The molecule has 0 fully saturated rings. The van der Waals surface area contributed by atoms with Gasteiger partial charge in [-0.05, 0) is 30.8 Å². The standard InChI is InChI=1S/C16H23N5OS/c1-6-20(11(4)10(2)3)9-13-17-18-16-19(5)15(22)14-12(21(13)16)7-8-23-14/h7-8,10-11H,6,9H2,1-5H3/t11-/m1/s1. The Labute approximate surface area is 139 Å². The Morgan fingerprint density at radius 1 is 1.30 bits per heavy atom. The maximum atomic E-state index is 12.4. The highest BCUT2D eigenvalue weighted by atomic mass is 32.1. The number of aromatic nitrogens is 4. The van der Waals surface area contributed by atoms with Crippen LogP contribution in [0, 0.1) is 5.92 Å². The summed E-state index contributed by atoms with van der Waals surface area (Å²) < 4.78 is 4.35. The molecule has 23 heavy (non-hydrogen) atoms. The minimum absolute atomic E-state index is 0.00986. The molecular formula is C16H23N5OS. The Balaban J connectivity index is 2.14. The van der Waals surface area contributed by atoms with E-state index in [0.29, 0.717) is 17.7 Å². The SMILES string of the molecule is CCN(Cc1nnc2n(C)c(=O)c3sccc3n12)[C@H](C)C(C)C. The quantitative estimate of drug-likeness (QED) is 0.720. The maximum Gasteiger partial charge on any atom is 0.272 e. The molecule has 0 radical (unpaired) electrons. The zero-order valence-corrected chi connectivity index (χ0v) is 15.1. The van der Waals surface area contributed by atoms with E-state index in [1.807, 2.05) is 15.8 Å². The minimum Gasteiger partial charge on any atom is -0.293 e.